The zero-order chi connectivity index (χ0) is 13.9. The molecule has 0 aliphatic carbocycles. The SMILES string of the molecule is CC(C)C(C(=O)N1CCCC(C(=O)O)C1)N(C)C. The second kappa shape index (κ2) is 6.18. The Labute approximate surface area is 109 Å². The van der Waals surface area contributed by atoms with Crippen molar-refractivity contribution in [2.75, 3.05) is 27.2 Å². The van der Waals surface area contributed by atoms with Crippen LogP contribution in [-0.4, -0.2) is 60.0 Å². The Hall–Kier alpha value is -1.10. The molecule has 1 heterocycles. The predicted octanol–water partition coefficient (Wildman–Crippen LogP) is 0.896. The highest BCUT2D eigenvalue weighted by Crippen LogP contribution is 2.20. The normalized spacial score (nSPS) is 22.3. The Balaban J connectivity index is 2.73. The average molecular weight is 256 g/mol. The van der Waals surface area contributed by atoms with E-state index in [0.29, 0.717) is 19.5 Å². The summed E-state index contributed by atoms with van der Waals surface area (Å²) in [6.45, 7) is 5.06. The third-order valence-corrected chi connectivity index (χ3v) is 3.52. The number of nitrogens with zero attached hydrogens (tertiary/aromatic N) is 2. The van der Waals surface area contributed by atoms with Crippen molar-refractivity contribution in [3.05, 3.63) is 0 Å². The summed E-state index contributed by atoms with van der Waals surface area (Å²) in [4.78, 5) is 27.1. The molecular formula is C13H24N2O3. The van der Waals surface area contributed by atoms with Gasteiger partial charge in [-0.05, 0) is 32.9 Å². The number of hydrogen-bond acceptors (Lipinski definition) is 3. The largest absolute Gasteiger partial charge is 0.481 e. The smallest absolute Gasteiger partial charge is 0.308 e. The van der Waals surface area contributed by atoms with E-state index in [1.807, 2.05) is 32.8 Å². The van der Waals surface area contributed by atoms with Crippen molar-refractivity contribution in [1.29, 1.82) is 0 Å². The molecular weight excluding hydrogens is 232 g/mol. The highest BCUT2D eigenvalue weighted by Gasteiger charge is 2.33. The van der Waals surface area contributed by atoms with Crippen molar-refractivity contribution in [1.82, 2.24) is 9.80 Å². The van der Waals surface area contributed by atoms with Gasteiger partial charge in [-0.25, -0.2) is 0 Å². The van der Waals surface area contributed by atoms with Crippen molar-refractivity contribution in [3.8, 4) is 0 Å². The van der Waals surface area contributed by atoms with Gasteiger partial charge in [0.15, 0.2) is 0 Å². The maximum Gasteiger partial charge on any atom is 0.308 e. The van der Waals surface area contributed by atoms with E-state index in [1.165, 1.54) is 0 Å². The number of carboxylic acids is 1. The first-order valence-corrected chi connectivity index (χ1v) is 6.52. The van der Waals surface area contributed by atoms with E-state index in [9.17, 15) is 9.59 Å². The summed E-state index contributed by atoms with van der Waals surface area (Å²) in [5.74, 6) is -0.922. The van der Waals surface area contributed by atoms with Crippen molar-refractivity contribution in [2.24, 2.45) is 11.8 Å². The first-order valence-electron chi connectivity index (χ1n) is 6.52. The Morgan fingerprint density at radius 1 is 1.33 bits per heavy atom. The number of carboxylic acid groups (broad SMARTS) is 1. The lowest BCUT2D eigenvalue weighted by molar-refractivity contribution is -0.147. The monoisotopic (exact) mass is 256 g/mol. The molecule has 1 rings (SSSR count). The maximum absolute atomic E-state index is 12.4. The lowest BCUT2D eigenvalue weighted by Gasteiger charge is -2.36. The van der Waals surface area contributed by atoms with Gasteiger partial charge in [0.05, 0.1) is 12.0 Å². The summed E-state index contributed by atoms with van der Waals surface area (Å²) < 4.78 is 0. The molecule has 1 amide bonds. The molecule has 0 aromatic rings. The van der Waals surface area contributed by atoms with Gasteiger partial charge in [-0.3, -0.25) is 14.5 Å². The van der Waals surface area contributed by atoms with Gasteiger partial charge in [0.1, 0.15) is 0 Å². The Morgan fingerprint density at radius 2 is 1.94 bits per heavy atom. The zero-order valence-electron chi connectivity index (χ0n) is 11.7. The Morgan fingerprint density at radius 3 is 2.39 bits per heavy atom. The van der Waals surface area contributed by atoms with Gasteiger partial charge in [0.25, 0.3) is 0 Å². The summed E-state index contributed by atoms with van der Waals surface area (Å²) in [5, 5.41) is 9.05. The number of rotatable bonds is 4. The van der Waals surface area contributed by atoms with E-state index < -0.39 is 11.9 Å². The topological polar surface area (TPSA) is 60.9 Å². The second-order valence-electron chi connectivity index (χ2n) is 5.61. The first-order chi connectivity index (χ1) is 8.34. The van der Waals surface area contributed by atoms with Crippen LogP contribution in [0, 0.1) is 11.8 Å². The lowest BCUT2D eigenvalue weighted by atomic mass is 9.95. The van der Waals surface area contributed by atoms with Crippen LogP contribution in [0.25, 0.3) is 0 Å². The van der Waals surface area contributed by atoms with E-state index in [0.717, 1.165) is 6.42 Å². The molecule has 104 valence electrons. The molecule has 0 bridgehead atoms. The number of likely N-dealkylation sites (N-methyl/N-ethyl adjacent to an activating group) is 1. The minimum absolute atomic E-state index is 0.0564. The standard InChI is InChI=1S/C13H24N2O3/c1-9(2)11(14(3)4)12(16)15-7-5-6-10(8-15)13(17)18/h9-11H,5-8H2,1-4H3,(H,17,18). The van der Waals surface area contributed by atoms with Crippen LogP contribution < -0.4 is 0 Å². The number of hydrogen-bond donors (Lipinski definition) is 1. The molecule has 1 N–H and O–H groups in total. The van der Waals surface area contributed by atoms with Crippen molar-refractivity contribution in [3.63, 3.8) is 0 Å². The number of likely N-dealkylation sites (tertiary alicyclic amines) is 1. The van der Waals surface area contributed by atoms with Gasteiger partial charge in [-0.1, -0.05) is 13.8 Å². The van der Waals surface area contributed by atoms with E-state index in [2.05, 4.69) is 0 Å². The van der Waals surface area contributed by atoms with Crippen molar-refractivity contribution in [2.45, 2.75) is 32.7 Å². The fraction of sp³-hybridized carbons (Fsp3) is 0.846. The fourth-order valence-corrected chi connectivity index (χ4v) is 2.67. The second-order valence-corrected chi connectivity index (χ2v) is 5.61. The maximum atomic E-state index is 12.4. The van der Waals surface area contributed by atoms with Crippen LogP contribution in [0.2, 0.25) is 0 Å². The molecule has 1 saturated heterocycles. The molecule has 5 heteroatoms. The fourth-order valence-electron chi connectivity index (χ4n) is 2.67. The molecule has 1 fully saturated rings. The summed E-state index contributed by atoms with van der Waals surface area (Å²) in [7, 11) is 3.78. The van der Waals surface area contributed by atoms with Gasteiger partial charge < -0.3 is 10.0 Å². The van der Waals surface area contributed by atoms with Crippen LogP contribution in [0.5, 0.6) is 0 Å². The van der Waals surface area contributed by atoms with E-state index in [1.54, 1.807) is 4.90 Å². The van der Waals surface area contributed by atoms with E-state index in [4.69, 9.17) is 5.11 Å². The highest BCUT2D eigenvalue weighted by molar-refractivity contribution is 5.83. The van der Waals surface area contributed by atoms with Crippen molar-refractivity contribution >= 4 is 11.9 Å². The quantitative estimate of drug-likeness (QED) is 0.811. The molecule has 0 aromatic carbocycles. The van der Waals surface area contributed by atoms with Crippen molar-refractivity contribution < 1.29 is 14.7 Å². The van der Waals surface area contributed by atoms with Crippen LogP contribution in [0.15, 0.2) is 0 Å². The summed E-state index contributed by atoms with van der Waals surface area (Å²) in [6, 6.07) is -0.169. The molecule has 0 spiro atoms. The molecule has 0 radical (unpaired) electrons. The van der Waals surface area contributed by atoms with E-state index >= 15 is 0 Å². The van der Waals surface area contributed by atoms with Gasteiger partial charge in [-0.2, -0.15) is 0 Å². The van der Waals surface area contributed by atoms with E-state index in [-0.39, 0.29) is 17.9 Å². The molecule has 2 unspecified atom stereocenters. The molecule has 2 atom stereocenters. The summed E-state index contributed by atoms with van der Waals surface area (Å²) in [5.41, 5.74) is 0. The summed E-state index contributed by atoms with van der Waals surface area (Å²) >= 11 is 0. The van der Waals surface area contributed by atoms with Crippen LogP contribution >= 0.6 is 0 Å². The van der Waals surface area contributed by atoms with Gasteiger partial charge in [0, 0.05) is 13.1 Å². The van der Waals surface area contributed by atoms with Gasteiger partial charge in [-0.15, -0.1) is 0 Å². The third-order valence-electron chi connectivity index (χ3n) is 3.52. The van der Waals surface area contributed by atoms with Crippen LogP contribution in [-0.2, 0) is 9.59 Å². The number of aliphatic carboxylic acids is 1. The van der Waals surface area contributed by atoms with Gasteiger partial charge in [0.2, 0.25) is 5.91 Å². The van der Waals surface area contributed by atoms with Gasteiger partial charge >= 0.3 is 5.97 Å². The highest BCUT2D eigenvalue weighted by atomic mass is 16.4. The Bertz CT molecular complexity index is 307. The zero-order valence-corrected chi connectivity index (χ0v) is 11.7. The third kappa shape index (κ3) is 3.45. The minimum atomic E-state index is -0.793. The average Bonchev–Trinajstić information content (AvgIpc) is 2.28. The number of amides is 1. The molecule has 1 aliphatic rings. The van der Waals surface area contributed by atoms with Crippen LogP contribution in [0.1, 0.15) is 26.7 Å². The first kappa shape index (κ1) is 15.0. The molecule has 0 saturated carbocycles. The predicted molar refractivity (Wildman–Crippen MR) is 69.3 cm³/mol. The Kier molecular flexibility index (Phi) is 5.14. The van der Waals surface area contributed by atoms with Crippen LogP contribution in [0.3, 0.4) is 0 Å². The lowest BCUT2D eigenvalue weighted by Crippen LogP contribution is -2.52. The molecule has 5 nitrogen and oxygen atoms in total. The number of carbonyl (C=O) groups is 2. The summed E-state index contributed by atoms with van der Waals surface area (Å²) in [6.07, 6.45) is 1.45. The number of piperidine rings is 1. The molecule has 0 aromatic heterocycles. The number of carbonyl (C=O) groups excluding carboxylic acids is 1. The van der Waals surface area contributed by atoms with Crippen LogP contribution in [0.4, 0.5) is 0 Å². The molecule has 1 aliphatic heterocycles. The minimum Gasteiger partial charge on any atom is -0.481 e. The molecule has 18 heavy (non-hydrogen) atoms.